The lowest BCUT2D eigenvalue weighted by molar-refractivity contribution is -0.141. The fourth-order valence-electron chi connectivity index (χ4n) is 1.96. The molecule has 0 aliphatic carbocycles. The molecule has 2 rings (SSSR count). The van der Waals surface area contributed by atoms with Crippen LogP contribution in [-0.2, 0) is 4.79 Å². The lowest BCUT2D eigenvalue weighted by atomic mass is 10.2. The SMILES string of the molecule is O=C(O)[C@H]1CCCN1C(=O)c1cncc(Br)c1. The van der Waals surface area contributed by atoms with Gasteiger partial charge in [0.15, 0.2) is 0 Å². The first-order valence-electron chi connectivity index (χ1n) is 5.24. The van der Waals surface area contributed by atoms with E-state index in [1.165, 1.54) is 11.1 Å². The van der Waals surface area contributed by atoms with Crippen LogP contribution >= 0.6 is 15.9 Å². The quantitative estimate of drug-likeness (QED) is 0.899. The summed E-state index contributed by atoms with van der Waals surface area (Å²) in [6, 6.07) is 0.938. The van der Waals surface area contributed by atoms with Gasteiger partial charge >= 0.3 is 5.97 Å². The van der Waals surface area contributed by atoms with Crippen molar-refractivity contribution in [1.82, 2.24) is 9.88 Å². The molecular formula is C11H11BrN2O3. The number of hydrogen-bond acceptors (Lipinski definition) is 3. The Bertz CT molecular complexity index is 464. The van der Waals surface area contributed by atoms with E-state index in [1.807, 2.05) is 0 Å². The Hall–Kier alpha value is -1.43. The zero-order chi connectivity index (χ0) is 12.4. The maximum absolute atomic E-state index is 12.1. The largest absolute Gasteiger partial charge is 0.480 e. The summed E-state index contributed by atoms with van der Waals surface area (Å²) in [4.78, 5) is 28.4. The third kappa shape index (κ3) is 2.46. The van der Waals surface area contributed by atoms with Gasteiger partial charge in [-0.3, -0.25) is 9.78 Å². The number of pyridine rings is 1. The summed E-state index contributed by atoms with van der Waals surface area (Å²) < 4.78 is 0.703. The van der Waals surface area contributed by atoms with Gasteiger partial charge in [0, 0.05) is 23.4 Å². The van der Waals surface area contributed by atoms with E-state index in [1.54, 1.807) is 12.3 Å². The fourth-order valence-corrected chi connectivity index (χ4v) is 2.33. The monoisotopic (exact) mass is 298 g/mol. The molecule has 1 amide bonds. The van der Waals surface area contributed by atoms with Crippen LogP contribution in [0.5, 0.6) is 0 Å². The summed E-state index contributed by atoms with van der Waals surface area (Å²) in [6.45, 7) is 0.488. The minimum atomic E-state index is -0.946. The molecular weight excluding hydrogens is 288 g/mol. The molecule has 17 heavy (non-hydrogen) atoms. The minimum absolute atomic E-state index is 0.274. The van der Waals surface area contributed by atoms with Gasteiger partial charge in [-0.1, -0.05) is 0 Å². The van der Waals surface area contributed by atoms with Gasteiger partial charge in [0.05, 0.1) is 5.56 Å². The Morgan fingerprint density at radius 1 is 1.47 bits per heavy atom. The fraction of sp³-hybridized carbons (Fsp3) is 0.364. The van der Waals surface area contributed by atoms with Crippen LogP contribution in [-0.4, -0.2) is 39.5 Å². The highest BCUT2D eigenvalue weighted by Gasteiger charge is 2.34. The number of carboxylic acid groups (broad SMARTS) is 1. The topological polar surface area (TPSA) is 70.5 Å². The molecule has 2 heterocycles. The smallest absolute Gasteiger partial charge is 0.326 e. The molecule has 0 bridgehead atoms. The average Bonchev–Trinajstić information content (AvgIpc) is 2.77. The molecule has 5 nitrogen and oxygen atoms in total. The van der Waals surface area contributed by atoms with Crippen molar-refractivity contribution in [3.63, 3.8) is 0 Å². The molecule has 0 aromatic carbocycles. The van der Waals surface area contributed by atoms with Gasteiger partial charge in [0.25, 0.3) is 5.91 Å². The highest BCUT2D eigenvalue weighted by Crippen LogP contribution is 2.21. The highest BCUT2D eigenvalue weighted by molar-refractivity contribution is 9.10. The third-order valence-corrected chi connectivity index (χ3v) is 3.18. The Labute approximate surface area is 107 Å². The lowest BCUT2D eigenvalue weighted by Crippen LogP contribution is -2.40. The third-order valence-electron chi connectivity index (χ3n) is 2.75. The van der Waals surface area contributed by atoms with Gasteiger partial charge in [-0.15, -0.1) is 0 Å². The number of rotatable bonds is 2. The maximum Gasteiger partial charge on any atom is 0.326 e. The number of aromatic nitrogens is 1. The number of aliphatic carboxylic acids is 1. The number of carboxylic acids is 1. The van der Waals surface area contributed by atoms with Crippen LogP contribution < -0.4 is 0 Å². The lowest BCUT2D eigenvalue weighted by Gasteiger charge is -2.21. The minimum Gasteiger partial charge on any atom is -0.480 e. The molecule has 1 aliphatic rings. The van der Waals surface area contributed by atoms with Gasteiger partial charge < -0.3 is 10.0 Å². The maximum atomic E-state index is 12.1. The van der Waals surface area contributed by atoms with Crippen molar-refractivity contribution >= 4 is 27.8 Å². The molecule has 1 saturated heterocycles. The Balaban J connectivity index is 2.23. The molecule has 1 aromatic heterocycles. The molecule has 1 atom stereocenters. The van der Waals surface area contributed by atoms with Crippen LogP contribution in [0.4, 0.5) is 0 Å². The number of nitrogens with zero attached hydrogens (tertiary/aromatic N) is 2. The second kappa shape index (κ2) is 4.83. The number of likely N-dealkylation sites (tertiary alicyclic amines) is 1. The van der Waals surface area contributed by atoms with Crippen molar-refractivity contribution < 1.29 is 14.7 Å². The number of hydrogen-bond donors (Lipinski definition) is 1. The van der Waals surface area contributed by atoms with Crippen molar-refractivity contribution in [3.8, 4) is 0 Å². The van der Waals surface area contributed by atoms with E-state index >= 15 is 0 Å². The van der Waals surface area contributed by atoms with Gasteiger partial charge in [-0.2, -0.15) is 0 Å². The van der Waals surface area contributed by atoms with E-state index < -0.39 is 12.0 Å². The number of carbonyl (C=O) groups is 2. The van der Waals surface area contributed by atoms with Crippen LogP contribution in [0.1, 0.15) is 23.2 Å². The Morgan fingerprint density at radius 3 is 2.88 bits per heavy atom. The molecule has 0 unspecified atom stereocenters. The number of carbonyl (C=O) groups excluding carboxylic acids is 1. The summed E-state index contributed by atoms with van der Waals surface area (Å²) in [5.41, 5.74) is 0.410. The summed E-state index contributed by atoms with van der Waals surface area (Å²) in [6.07, 6.45) is 4.27. The molecule has 0 saturated carbocycles. The molecule has 6 heteroatoms. The van der Waals surface area contributed by atoms with Crippen LogP contribution in [0.3, 0.4) is 0 Å². The van der Waals surface area contributed by atoms with E-state index in [4.69, 9.17) is 5.11 Å². The standard InChI is InChI=1S/C11H11BrN2O3/c12-8-4-7(5-13-6-8)10(15)14-3-1-2-9(14)11(16)17/h4-6,9H,1-3H2,(H,16,17)/t9-/m1/s1. The van der Waals surface area contributed by atoms with Gasteiger partial charge in [-0.05, 0) is 34.8 Å². The molecule has 1 aliphatic heterocycles. The van der Waals surface area contributed by atoms with E-state index in [0.29, 0.717) is 23.0 Å². The van der Waals surface area contributed by atoms with Crippen molar-refractivity contribution in [3.05, 3.63) is 28.5 Å². The molecule has 1 aromatic rings. The van der Waals surface area contributed by atoms with E-state index in [-0.39, 0.29) is 5.91 Å². The summed E-state index contributed by atoms with van der Waals surface area (Å²) >= 11 is 3.23. The van der Waals surface area contributed by atoms with Gasteiger partial charge in [0.2, 0.25) is 0 Å². The number of halogens is 1. The van der Waals surface area contributed by atoms with E-state index in [9.17, 15) is 9.59 Å². The molecule has 90 valence electrons. The molecule has 0 radical (unpaired) electrons. The Morgan fingerprint density at radius 2 is 2.24 bits per heavy atom. The first-order valence-corrected chi connectivity index (χ1v) is 6.03. The molecule has 1 fully saturated rings. The summed E-state index contributed by atoms with van der Waals surface area (Å²) in [7, 11) is 0. The second-order valence-corrected chi connectivity index (χ2v) is 4.80. The average molecular weight is 299 g/mol. The summed E-state index contributed by atoms with van der Waals surface area (Å²) in [5, 5.41) is 9.02. The van der Waals surface area contributed by atoms with Crippen molar-refractivity contribution in [2.75, 3.05) is 6.54 Å². The second-order valence-electron chi connectivity index (χ2n) is 3.89. The number of amides is 1. The van der Waals surface area contributed by atoms with Crippen LogP contribution in [0, 0.1) is 0 Å². The Kier molecular flexibility index (Phi) is 3.42. The van der Waals surface area contributed by atoms with Crippen molar-refractivity contribution in [1.29, 1.82) is 0 Å². The predicted octanol–water partition coefficient (Wildman–Crippen LogP) is 1.53. The van der Waals surface area contributed by atoms with Gasteiger partial charge in [-0.25, -0.2) is 4.79 Å². The van der Waals surface area contributed by atoms with Crippen molar-refractivity contribution in [2.24, 2.45) is 0 Å². The van der Waals surface area contributed by atoms with E-state index in [0.717, 1.165) is 6.42 Å². The first-order chi connectivity index (χ1) is 8.09. The van der Waals surface area contributed by atoms with Crippen LogP contribution in [0.2, 0.25) is 0 Å². The van der Waals surface area contributed by atoms with Crippen LogP contribution in [0.25, 0.3) is 0 Å². The first kappa shape index (κ1) is 12.0. The predicted molar refractivity (Wildman–Crippen MR) is 63.6 cm³/mol. The molecule has 1 N–H and O–H groups in total. The van der Waals surface area contributed by atoms with Gasteiger partial charge in [0.1, 0.15) is 6.04 Å². The van der Waals surface area contributed by atoms with Crippen molar-refractivity contribution in [2.45, 2.75) is 18.9 Å². The zero-order valence-corrected chi connectivity index (χ0v) is 10.6. The van der Waals surface area contributed by atoms with Crippen LogP contribution in [0.15, 0.2) is 22.9 Å². The molecule has 0 spiro atoms. The summed E-state index contributed by atoms with van der Waals surface area (Å²) in [5.74, 6) is -1.22. The zero-order valence-electron chi connectivity index (χ0n) is 8.97. The highest BCUT2D eigenvalue weighted by atomic mass is 79.9. The van der Waals surface area contributed by atoms with E-state index in [2.05, 4.69) is 20.9 Å². The normalized spacial score (nSPS) is 19.4.